The second-order valence-electron chi connectivity index (χ2n) is 7.76. The molecule has 188 valence electrons. The normalized spacial score (nSPS) is 24.4. The number of amides is 1. The summed E-state index contributed by atoms with van der Waals surface area (Å²) in [5.74, 6) is -0.631. The van der Waals surface area contributed by atoms with Gasteiger partial charge in [-0.3, -0.25) is 13.8 Å². The van der Waals surface area contributed by atoms with Gasteiger partial charge in [-0.2, -0.15) is 0 Å². The molecular formula is C20H29ClN5O7P. The maximum atomic E-state index is 13.6. The van der Waals surface area contributed by atoms with Crippen molar-refractivity contribution in [2.45, 2.75) is 44.0 Å². The lowest BCUT2D eigenvalue weighted by Gasteiger charge is -2.28. The second kappa shape index (κ2) is 12.2. The van der Waals surface area contributed by atoms with E-state index in [0.717, 1.165) is 23.0 Å². The van der Waals surface area contributed by atoms with Gasteiger partial charge in [0.05, 0.1) is 13.2 Å². The fraction of sp³-hybridized carbons (Fsp3) is 0.550. The van der Waals surface area contributed by atoms with Crippen LogP contribution in [-0.4, -0.2) is 79.9 Å². The molecule has 5 atom stereocenters. The summed E-state index contributed by atoms with van der Waals surface area (Å²) in [5.41, 5.74) is 5.96. The summed E-state index contributed by atoms with van der Waals surface area (Å²) in [7, 11) is -2.18. The lowest BCUT2D eigenvalue weighted by molar-refractivity contribution is -0.0583. The Morgan fingerprint density at radius 1 is 1.26 bits per heavy atom. The number of alkyl halides is 1. The third-order valence-electron chi connectivity index (χ3n) is 5.25. The topological polar surface area (TPSA) is 162 Å². The Labute approximate surface area is 202 Å². The fourth-order valence-electron chi connectivity index (χ4n) is 3.29. The summed E-state index contributed by atoms with van der Waals surface area (Å²) in [5, 5.41) is 24.7. The van der Waals surface area contributed by atoms with Crippen LogP contribution in [0.15, 0.2) is 36.7 Å². The maximum absolute atomic E-state index is 13.6. The highest BCUT2D eigenvalue weighted by molar-refractivity contribution is 7.51. The average molecular weight is 518 g/mol. The number of carbonyl (C=O) groups excluding carboxylic acids is 1. The van der Waals surface area contributed by atoms with Gasteiger partial charge in [0, 0.05) is 12.4 Å². The van der Waals surface area contributed by atoms with Gasteiger partial charge in [-0.05, 0) is 25.5 Å². The van der Waals surface area contributed by atoms with Crippen LogP contribution in [-0.2, 0) is 25.0 Å². The molecule has 1 aromatic carbocycles. The largest absolute Gasteiger partial charge is 0.408 e. The molecule has 12 nitrogen and oxygen atoms in total. The SMILES string of the molecule is CN(CCCCCl)P(=O)(OCc1ccccc1)OC[C@H]1O[C@@H](n2cnc(C(N)=O)n2)[C@H](O)[C@@H]1O. The monoisotopic (exact) mass is 517 g/mol. The van der Waals surface area contributed by atoms with Gasteiger partial charge in [0.25, 0.3) is 5.91 Å². The molecule has 0 aliphatic carbocycles. The zero-order chi connectivity index (χ0) is 24.7. The smallest absolute Gasteiger partial charge is 0.387 e. The number of carbonyl (C=O) groups is 1. The van der Waals surface area contributed by atoms with Crippen LogP contribution in [0.1, 0.15) is 35.3 Å². The minimum Gasteiger partial charge on any atom is -0.387 e. The number of unbranched alkanes of at least 4 members (excludes halogenated alkanes) is 1. The minimum absolute atomic E-state index is 0.0478. The predicted octanol–water partition coefficient (Wildman–Crippen LogP) is 1.29. The molecule has 14 heteroatoms. The van der Waals surface area contributed by atoms with E-state index in [4.69, 9.17) is 31.1 Å². The van der Waals surface area contributed by atoms with Crippen LogP contribution in [0.2, 0.25) is 0 Å². The number of ether oxygens (including phenoxy) is 1. The van der Waals surface area contributed by atoms with Crippen molar-refractivity contribution in [2.24, 2.45) is 5.73 Å². The van der Waals surface area contributed by atoms with Gasteiger partial charge in [-0.1, -0.05) is 30.3 Å². The Morgan fingerprint density at radius 3 is 2.65 bits per heavy atom. The molecule has 1 aliphatic rings. The van der Waals surface area contributed by atoms with Crippen molar-refractivity contribution in [1.29, 1.82) is 0 Å². The molecule has 1 saturated heterocycles. The van der Waals surface area contributed by atoms with E-state index in [-0.39, 0.29) is 19.0 Å². The van der Waals surface area contributed by atoms with E-state index in [1.165, 1.54) is 4.67 Å². The van der Waals surface area contributed by atoms with Gasteiger partial charge >= 0.3 is 7.75 Å². The van der Waals surface area contributed by atoms with Crippen LogP contribution in [0.4, 0.5) is 0 Å². The summed E-state index contributed by atoms with van der Waals surface area (Å²) in [4.78, 5) is 15.0. The molecule has 0 bridgehead atoms. The van der Waals surface area contributed by atoms with Gasteiger partial charge in [-0.15, -0.1) is 16.7 Å². The third-order valence-corrected chi connectivity index (χ3v) is 7.48. The fourth-order valence-corrected chi connectivity index (χ4v) is 4.98. The number of aromatic nitrogens is 3. The Kier molecular flexibility index (Phi) is 9.57. The van der Waals surface area contributed by atoms with Crippen LogP contribution < -0.4 is 5.73 Å². The summed E-state index contributed by atoms with van der Waals surface area (Å²) >= 11 is 5.75. The van der Waals surface area contributed by atoms with Gasteiger partial charge in [0.1, 0.15) is 24.6 Å². The summed E-state index contributed by atoms with van der Waals surface area (Å²) in [6.45, 7) is 0.122. The van der Waals surface area contributed by atoms with E-state index < -0.39 is 38.2 Å². The predicted molar refractivity (Wildman–Crippen MR) is 122 cm³/mol. The molecule has 2 aromatic rings. The van der Waals surface area contributed by atoms with Crippen molar-refractivity contribution >= 4 is 25.3 Å². The highest BCUT2D eigenvalue weighted by Crippen LogP contribution is 2.52. The second-order valence-corrected chi connectivity index (χ2v) is 10.3. The van der Waals surface area contributed by atoms with Gasteiger partial charge in [0.15, 0.2) is 6.23 Å². The molecule has 34 heavy (non-hydrogen) atoms. The summed E-state index contributed by atoms with van der Waals surface area (Å²) < 4.78 is 33.3. The zero-order valence-electron chi connectivity index (χ0n) is 18.6. The van der Waals surface area contributed by atoms with Crippen molar-refractivity contribution in [3.05, 3.63) is 48.0 Å². The molecule has 1 aliphatic heterocycles. The van der Waals surface area contributed by atoms with Crippen molar-refractivity contribution in [2.75, 3.05) is 26.1 Å². The Balaban J connectivity index is 1.67. The Bertz CT molecular complexity index is 981. The maximum Gasteiger partial charge on any atom is 0.408 e. The number of hydrogen-bond donors (Lipinski definition) is 3. The number of nitrogens with two attached hydrogens (primary N) is 1. The van der Waals surface area contributed by atoms with E-state index in [0.29, 0.717) is 18.8 Å². The van der Waals surface area contributed by atoms with E-state index in [2.05, 4.69) is 10.1 Å². The van der Waals surface area contributed by atoms with E-state index >= 15 is 0 Å². The van der Waals surface area contributed by atoms with Crippen LogP contribution in [0, 0.1) is 0 Å². The van der Waals surface area contributed by atoms with Crippen molar-refractivity contribution < 1.29 is 33.4 Å². The van der Waals surface area contributed by atoms with Gasteiger partial charge in [-0.25, -0.2) is 18.9 Å². The quantitative estimate of drug-likeness (QED) is 0.200. The summed E-state index contributed by atoms with van der Waals surface area (Å²) in [6, 6.07) is 9.21. The van der Waals surface area contributed by atoms with Crippen LogP contribution >= 0.6 is 19.3 Å². The number of aliphatic hydroxyl groups is 2. The minimum atomic E-state index is -3.79. The molecule has 0 saturated carbocycles. The highest BCUT2D eigenvalue weighted by Gasteiger charge is 2.46. The number of benzene rings is 1. The average Bonchev–Trinajstić information content (AvgIpc) is 3.43. The number of rotatable bonds is 13. The van der Waals surface area contributed by atoms with Crippen LogP contribution in [0.5, 0.6) is 0 Å². The first kappa shape index (κ1) is 26.7. The lowest BCUT2D eigenvalue weighted by atomic mass is 10.1. The van der Waals surface area contributed by atoms with Crippen molar-refractivity contribution in [1.82, 2.24) is 19.4 Å². The first-order valence-corrected chi connectivity index (χ1v) is 12.7. The first-order chi connectivity index (χ1) is 16.2. The molecule has 0 radical (unpaired) electrons. The summed E-state index contributed by atoms with van der Waals surface area (Å²) in [6.07, 6.45) is -2.41. The molecule has 3 rings (SSSR count). The molecule has 4 N–H and O–H groups in total. The Morgan fingerprint density at radius 2 is 2.00 bits per heavy atom. The van der Waals surface area contributed by atoms with Crippen LogP contribution in [0.25, 0.3) is 0 Å². The van der Waals surface area contributed by atoms with Gasteiger partial charge in [0.2, 0.25) is 5.82 Å². The number of halogens is 1. The van der Waals surface area contributed by atoms with Crippen LogP contribution in [0.3, 0.4) is 0 Å². The molecule has 2 heterocycles. The molecule has 1 unspecified atom stereocenters. The van der Waals surface area contributed by atoms with Crippen molar-refractivity contribution in [3.63, 3.8) is 0 Å². The van der Waals surface area contributed by atoms with Gasteiger partial charge < -0.3 is 20.7 Å². The molecule has 1 amide bonds. The van der Waals surface area contributed by atoms with E-state index in [1.54, 1.807) is 7.05 Å². The number of aliphatic hydroxyl groups excluding tert-OH is 2. The molecule has 1 fully saturated rings. The first-order valence-electron chi connectivity index (χ1n) is 10.7. The standard InChI is InChI=1S/C20H29ClN5O7P/c1-25(10-6-5-9-21)34(30,31-11-14-7-3-2-4-8-14)32-12-15-16(27)17(28)20(33-15)26-13-23-19(24-26)18(22)29/h2-4,7-8,13,15-17,20,27-28H,5-6,9-12H2,1H3,(H2,22,29)/t15-,16-,17-,20-,34?/m1/s1. The van der Waals surface area contributed by atoms with E-state index in [1.807, 2.05) is 30.3 Å². The zero-order valence-corrected chi connectivity index (χ0v) is 20.3. The molecule has 0 spiro atoms. The Hall–Kier alpha value is -1.89. The van der Waals surface area contributed by atoms with Crippen molar-refractivity contribution in [3.8, 4) is 0 Å². The van der Waals surface area contributed by atoms with E-state index in [9.17, 15) is 19.6 Å². The third kappa shape index (κ3) is 6.61. The highest BCUT2D eigenvalue weighted by atomic mass is 35.5. The number of hydrogen-bond acceptors (Lipinski definition) is 9. The molecular weight excluding hydrogens is 489 g/mol. The molecule has 1 aromatic heterocycles. The number of nitrogens with zero attached hydrogens (tertiary/aromatic N) is 4. The number of primary amides is 1. The lowest BCUT2D eigenvalue weighted by Crippen LogP contribution is -2.34.